The number of rotatable bonds is 8. The van der Waals surface area contributed by atoms with E-state index in [9.17, 15) is 0 Å². The molecule has 0 aliphatic heterocycles. The molecule has 2 rings (SSSR count). The fourth-order valence-corrected chi connectivity index (χ4v) is 2.42. The van der Waals surface area contributed by atoms with Gasteiger partial charge in [0, 0.05) is 36.9 Å². The van der Waals surface area contributed by atoms with E-state index in [-0.39, 0.29) is 0 Å². The normalized spacial score (nSPS) is 10.6. The van der Waals surface area contributed by atoms with Gasteiger partial charge in [0.1, 0.15) is 5.82 Å². The SMILES string of the molecule is CCCCN(C)c1nc(C)cc(NCCc2ccc(Cl)cc2)n1. The molecule has 5 heteroatoms. The molecule has 0 radical (unpaired) electrons. The van der Waals surface area contributed by atoms with Crippen molar-refractivity contribution in [1.29, 1.82) is 0 Å². The minimum absolute atomic E-state index is 0.771. The summed E-state index contributed by atoms with van der Waals surface area (Å²) in [6.07, 6.45) is 3.25. The second-order valence-electron chi connectivity index (χ2n) is 5.77. The number of nitrogens with zero attached hydrogens (tertiary/aromatic N) is 3. The second-order valence-corrected chi connectivity index (χ2v) is 6.21. The molecule has 1 aromatic carbocycles. The molecular weight excluding hydrogens is 308 g/mol. The predicted molar refractivity (Wildman–Crippen MR) is 98.6 cm³/mol. The molecule has 0 saturated heterocycles. The van der Waals surface area contributed by atoms with Gasteiger partial charge in [0.2, 0.25) is 5.95 Å². The third kappa shape index (κ3) is 5.71. The molecule has 1 heterocycles. The lowest BCUT2D eigenvalue weighted by Crippen LogP contribution is -2.22. The van der Waals surface area contributed by atoms with Crippen molar-refractivity contribution in [2.24, 2.45) is 0 Å². The van der Waals surface area contributed by atoms with Gasteiger partial charge in [0.15, 0.2) is 0 Å². The van der Waals surface area contributed by atoms with Crippen molar-refractivity contribution in [2.45, 2.75) is 33.1 Å². The van der Waals surface area contributed by atoms with Crippen LogP contribution in [0.1, 0.15) is 31.0 Å². The molecule has 0 amide bonds. The maximum Gasteiger partial charge on any atom is 0.227 e. The van der Waals surface area contributed by atoms with Gasteiger partial charge in [-0.15, -0.1) is 0 Å². The van der Waals surface area contributed by atoms with Gasteiger partial charge in [-0.2, -0.15) is 4.98 Å². The molecule has 0 spiro atoms. The van der Waals surface area contributed by atoms with Gasteiger partial charge in [-0.05, 0) is 37.5 Å². The van der Waals surface area contributed by atoms with E-state index in [1.54, 1.807) is 0 Å². The van der Waals surface area contributed by atoms with Crippen molar-refractivity contribution in [3.63, 3.8) is 0 Å². The van der Waals surface area contributed by atoms with Crippen LogP contribution in [-0.2, 0) is 6.42 Å². The summed E-state index contributed by atoms with van der Waals surface area (Å²) in [6.45, 7) is 6.00. The van der Waals surface area contributed by atoms with Gasteiger partial charge in [-0.25, -0.2) is 4.98 Å². The van der Waals surface area contributed by atoms with E-state index in [0.717, 1.165) is 48.4 Å². The molecule has 0 unspecified atom stereocenters. The van der Waals surface area contributed by atoms with E-state index in [1.165, 1.54) is 12.0 Å². The van der Waals surface area contributed by atoms with Crippen molar-refractivity contribution in [3.05, 3.63) is 46.6 Å². The topological polar surface area (TPSA) is 41.1 Å². The number of hydrogen-bond donors (Lipinski definition) is 1. The lowest BCUT2D eigenvalue weighted by atomic mass is 10.1. The largest absolute Gasteiger partial charge is 0.370 e. The van der Waals surface area contributed by atoms with Crippen LogP contribution in [0.2, 0.25) is 5.02 Å². The Morgan fingerprint density at radius 2 is 1.91 bits per heavy atom. The lowest BCUT2D eigenvalue weighted by Gasteiger charge is -2.18. The number of halogens is 1. The molecule has 1 aromatic heterocycles. The van der Waals surface area contributed by atoms with Crippen molar-refractivity contribution < 1.29 is 0 Å². The maximum absolute atomic E-state index is 5.90. The van der Waals surface area contributed by atoms with Crippen LogP contribution in [0.5, 0.6) is 0 Å². The number of anilines is 2. The minimum atomic E-state index is 0.771. The van der Waals surface area contributed by atoms with E-state index < -0.39 is 0 Å². The summed E-state index contributed by atoms with van der Waals surface area (Å²) in [5.74, 6) is 1.66. The molecule has 0 saturated carbocycles. The zero-order valence-electron chi connectivity index (χ0n) is 14.1. The summed E-state index contributed by atoms with van der Waals surface area (Å²) >= 11 is 5.90. The number of unbranched alkanes of at least 4 members (excludes halogenated alkanes) is 1. The molecule has 0 bridgehead atoms. The van der Waals surface area contributed by atoms with Crippen LogP contribution >= 0.6 is 11.6 Å². The average molecular weight is 333 g/mol. The fraction of sp³-hybridized carbons (Fsp3) is 0.444. The lowest BCUT2D eigenvalue weighted by molar-refractivity contribution is 0.748. The predicted octanol–water partition coefficient (Wildman–Crippen LogP) is 4.33. The standard InChI is InChI=1S/C18H25ClN4/c1-4-5-12-23(3)18-21-14(2)13-17(22-18)20-11-10-15-6-8-16(19)9-7-15/h6-9,13H,4-5,10-12H2,1-3H3,(H,20,21,22). The van der Waals surface area contributed by atoms with Crippen LogP contribution in [0.3, 0.4) is 0 Å². The van der Waals surface area contributed by atoms with Crippen molar-refractivity contribution >= 4 is 23.4 Å². The first-order valence-corrected chi connectivity index (χ1v) is 8.51. The molecule has 4 nitrogen and oxygen atoms in total. The van der Waals surface area contributed by atoms with Crippen LogP contribution in [0, 0.1) is 6.92 Å². The number of aryl methyl sites for hydroxylation is 1. The van der Waals surface area contributed by atoms with E-state index >= 15 is 0 Å². The van der Waals surface area contributed by atoms with Gasteiger partial charge >= 0.3 is 0 Å². The Labute approximate surface area is 143 Å². The van der Waals surface area contributed by atoms with Gasteiger partial charge in [-0.1, -0.05) is 37.1 Å². The monoisotopic (exact) mass is 332 g/mol. The van der Waals surface area contributed by atoms with Gasteiger partial charge < -0.3 is 10.2 Å². The molecule has 0 aliphatic carbocycles. The molecule has 1 N–H and O–H groups in total. The third-order valence-electron chi connectivity index (χ3n) is 3.66. The van der Waals surface area contributed by atoms with Crippen LogP contribution in [0.4, 0.5) is 11.8 Å². The first kappa shape index (κ1) is 17.5. The highest BCUT2D eigenvalue weighted by molar-refractivity contribution is 6.30. The first-order chi connectivity index (χ1) is 11.1. The quantitative estimate of drug-likeness (QED) is 0.781. The summed E-state index contributed by atoms with van der Waals surface area (Å²) in [6, 6.07) is 9.94. The summed E-state index contributed by atoms with van der Waals surface area (Å²) < 4.78 is 0. The number of benzene rings is 1. The maximum atomic E-state index is 5.90. The van der Waals surface area contributed by atoms with Gasteiger partial charge in [-0.3, -0.25) is 0 Å². The Kier molecular flexibility index (Phi) is 6.66. The van der Waals surface area contributed by atoms with Gasteiger partial charge in [0.25, 0.3) is 0 Å². The number of hydrogen-bond acceptors (Lipinski definition) is 4. The molecule has 0 aliphatic rings. The van der Waals surface area contributed by atoms with E-state index in [0.29, 0.717) is 0 Å². The molecule has 2 aromatic rings. The Hall–Kier alpha value is -1.81. The highest BCUT2D eigenvalue weighted by Gasteiger charge is 2.07. The van der Waals surface area contributed by atoms with E-state index in [1.807, 2.05) is 32.2 Å². The van der Waals surface area contributed by atoms with Crippen LogP contribution in [-0.4, -0.2) is 30.1 Å². The van der Waals surface area contributed by atoms with Crippen molar-refractivity contribution in [2.75, 3.05) is 30.4 Å². The third-order valence-corrected chi connectivity index (χ3v) is 3.92. The summed E-state index contributed by atoms with van der Waals surface area (Å²) in [5.41, 5.74) is 2.24. The van der Waals surface area contributed by atoms with Gasteiger partial charge in [0.05, 0.1) is 0 Å². The molecule has 0 atom stereocenters. The fourth-order valence-electron chi connectivity index (χ4n) is 2.30. The highest BCUT2D eigenvalue weighted by atomic mass is 35.5. The van der Waals surface area contributed by atoms with Crippen LogP contribution < -0.4 is 10.2 Å². The Bertz CT molecular complexity index is 613. The smallest absolute Gasteiger partial charge is 0.227 e. The highest BCUT2D eigenvalue weighted by Crippen LogP contribution is 2.14. The van der Waals surface area contributed by atoms with Crippen LogP contribution in [0.25, 0.3) is 0 Å². The average Bonchev–Trinajstić information content (AvgIpc) is 2.54. The molecule has 124 valence electrons. The first-order valence-electron chi connectivity index (χ1n) is 8.13. The zero-order chi connectivity index (χ0) is 16.7. The second kappa shape index (κ2) is 8.73. The van der Waals surface area contributed by atoms with Crippen molar-refractivity contribution in [1.82, 2.24) is 9.97 Å². The Morgan fingerprint density at radius 1 is 1.17 bits per heavy atom. The minimum Gasteiger partial charge on any atom is -0.370 e. The summed E-state index contributed by atoms with van der Waals surface area (Å²) in [5, 5.41) is 4.16. The zero-order valence-corrected chi connectivity index (χ0v) is 14.9. The summed E-state index contributed by atoms with van der Waals surface area (Å²) in [7, 11) is 2.04. The number of aromatic nitrogens is 2. The Balaban J connectivity index is 1.94. The molecular formula is C18H25ClN4. The number of nitrogens with one attached hydrogen (secondary N) is 1. The van der Waals surface area contributed by atoms with E-state index in [2.05, 4.69) is 39.2 Å². The molecule has 23 heavy (non-hydrogen) atoms. The van der Waals surface area contributed by atoms with Crippen molar-refractivity contribution in [3.8, 4) is 0 Å². The van der Waals surface area contributed by atoms with E-state index in [4.69, 9.17) is 11.6 Å². The summed E-state index contributed by atoms with van der Waals surface area (Å²) in [4.78, 5) is 11.2. The Morgan fingerprint density at radius 3 is 2.61 bits per heavy atom. The van der Waals surface area contributed by atoms with Crippen LogP contribution in [0.15, 0.2) is 30.3 Å². The molecule has 0 fully saturated rings.